The molecular formula is C9H20OS. The zero-order valence-electron chi connectivity index (χ0n) is 8.05. The summed E-state index contributed by atoms with van der Waals surface area (Å²) in [5.41, 5.74) is 0.316. The minimum absolute atomic E-state index is 0.316. The van der Waals surface area contributed by atoms with E-state index in [-0.39, 0.29) is 0 Å². The molecule has 0 rings (SSSR count). The molecule has 0 radical (unpaired) electrons. The second-order valence-corrected chi connectivity index (χ2v) is 4.27. The number of hydrogen-bond acceptors (Lipinski definition) is 2. The van der Waals surface area contributed by atoms with Crippen LogP contribution in [0.3, 0.4) is 0 Å². The van der Waals surface area contributed by atoms with Crippen molar-refractivity contribution in [3.8, 4) is 0 Å². The van der Waals surface area contributed by atoms with Gasteiger partial charge in [0.1, 0.15) is 0 Å². The van der Waals surface area contributed by atoms with E-state index in [0.717, 1.165) is 19.0 Å². The molecule has 0 fully saturated rings. The topological polar surface area (TPSA) is 9.23 Å². The highest BCUT2D eigenvalue weighted by atomic mass is 32.1. The number of thiol groups is 1. The Morgan fingerprint density at radius 3 is 2.18 bits per heavy atom. The molecule has 0 aliphatic rings. The average Bonchev–Trinajstić information content (AvgIpc) is 1.87. The molecule has 1 atom stereocenters. The van der Waals surface area contributed by atoms with Crippen molar-refractivity contribution in [3.63, 3.8) is 0 Å². The van der Waals surface area contributed by atoms with E-state index in [1.54, 1.807) is 0 Å². The highest BCUT2D eigenvalue weighted by molar-refractivity contribution is 7.80. The first-order valence-corrected chi connectivity index (χ1v) is 4.84. The highest BCUT2D eigenvalue weighted by Gasteiger charge is 2.22. The van der Waals surface area contributed by atoms with Gasteiger partial charge in [-0.2, -0.15) is 12.6 Å². The van der Waals surface area contributed by atoms with Crippen molar-refractivity contribution in [3.05, 3.63) is 0 Å². The smallest absolute Gasteiger partial charge is 0.0506 e. The molecule has 11 heavy (non-hydrogen) atoms. The maximum atomic E-state index is 5.36. The molecule has 0 spiro atoms. The van der Waals surface area contributed by atoms with E-state index in [1.807, 2.05) is 6.92 Å². The molecule has 0 heterocycles. The summed E-state index contributed by atoms with van der Waals surface area (Å²) in [4.78, 5) is 0. The van der Waals surface area contributed by atoms with E-state index in [0.29, 0.717) is 11.3 Å². The van der Waals surface area contributed by atoms with Crippen LogP contribution in [0.15, 0.2) is 0 Å². The molecular weight excluding hydrogens is 156 g/mol. The fourth-order valence-electron chi connectivity index (χ4n) is 0.837. The van der Waals surface area contributed by atoms with Crippen LogP contribution in [0.4, 0.5) is 0 Å². The third-order valence-electron chi connectivity index (χ3n) is 1.97. The fraction of sp³-hybridized carbons (Fsp3) is 1.00. The van der Waals surface area contributed by atoms with Crippen LogP contribution < -0.4 is 0 Å². The van der Waals surface area contributed by atoms with E-state index in [2.05, 4.69) is 33.4 Å². The van der Waals surface area contributed by atoms with Crippen LogP contribution >= 0.6 is 12.6 Å². The van der Waals surface area contributed by atoms with Gasteiger partial charge in [-0.15, -0.1) is 0 Å². The third kappa shape index (κ3) is 4.70. The summed E-state index contributed by atoms with van der Waals surface area (Å²) in [6, 6.07) is 0. The number of hydrogen-bond donors (Lipinski definition) is 1. The molecule has 0 aliphatic heterocycles. The van der Waals surface area contributed by atoms with Crippen LogP contribution in [0.25, 0.3) is 0 Å². The van der Waals surface area contributed by atoms with Crippen LogP contribution in [0.1, 0.15) is 27.7 Å². The van der Waals surface area contributed by atoms with Gasteiger partial charge in [-0.1, -0.05) is 20.8 Å². The lowest BCUT2D eigenvalue weighted by molar-refractivity contribution is 0.0744. The van der Waals surface area contributed by atoms with Gasteiger partial charge in [0, 0.05) is 6.61 Å². The van der Waals surface area contributed by atoms with E-state index in [4.69, 9.17) is 4.74 Å². The van der Waals surface area contributed by atoms with E-state index in [1.165, 1.54) is 0 Å². The maximum absolute atomic E-state index is 5.36. The van der Waals surface area contributed by atoms with Gasteiger partial charge in [-0.05, 0) is 24.0 Å². The molecule has 0 saturated heterocycles. The van der Waals surface area contributed by atoms with E-state index in [9.17, 15) is 0 Å². The summed E-state index contributed by atoms with van der Waals surface area (Å²) in [5.74, 6) is 1.47. The Morgan fingerprint density at radius 1 is 1.36 bits per heavy atom. The minimum atomic E-state index is 0.316. The lowest BCUT2D eigenvalue weighted by atomic mass is 9.82. The van der Waals surface area contributed by atoms with Gasteiger partial charge in [-0.3, -0.25) is 0 Å². The van der Waals surface area contributed by atoms with Gasteiger partial charge in [0.25, 0.3) is 0 Å². The van der Waals surface area contributed by atoms with Gasteiger partial charge in [0.15, 0.2) is 0 Å². The molecule has 0 amide bonds. The van der Waals surface area contributed by atoms with Crippen molar-refractivity contribution >= 4 is 12.6 Å². The van der Waals surface area contributed by atoms with E-state index < -0.39 is 0 Å². The second-order valence-electron chi connectivity index (χ2n) is 3.90. The highest BCUT2D eigenvalue weighted by Crippen LogP contribution is 2.26. The van der Waals surface area contributed by atoms with E-state index >= 15 is 0 Å². The van der Waals surface area contributed by atoms with Crippen molar-refractivity contribution in [2.75, 3.05) is 19.0 Å². The lowest BCUT2D eigenvalue weighted by Gasteiger charge is -2.28. The Bertz CT molecular complexity index is 96.2. The molecule has 0 aromatic carbocycles. The van der Waals surface area contributed by atoms with Crippen LogP contribution in [0.2, 0.25) is 0 Å². The molecule has 0 saturated carbocycles. The van der Waals surface area contributed by atoms with Crippen LogP contribution in [-0.2, 0) is 4.74 Å². The summed E-state index contributed by atoms with van der Waals surface area (Å²) in [7, 11) is 0. The Morgan fingerprint density at radius 2 is 1.91 bits per heavy atom. The summed E-state index contributed by atoms with van der Waals surface area (Å²) in [6.45, 7) is 10.4. The molecule has 68 valence electrons. The van der Waals surface area contributed by atoms with Gasteiger partial charge in [0.2, 0.25) is 0 Å². The SMILES string of the molecule is CCOCC(CS)C(C)(C)C. The first-order chi connectivity index (χ1) is 5.02. The van der Waals surface area contributed by atoms with Crippen LogP contribution in [0.5, 0.6) is 0 Å². The predicted molar refractivity (Wildman–Crippen MR) is 53.3 cm³/mol. The first-order valence-electron chi connectivity index (χ1n) is 4.21. The monoisotopic (exact) mass is 176 g/mol. The van der Waals surface area contributed by atoms with Crippen molar-refractivity contribution in [1.82, 2.24) is 0 Å². The molecule has 2 heteroatoms. The number of ether oxygens (including phenoxy) is 1. The summed E-state index contributed by atoms with van der Waals surface area (Å²) < 4.78 is 5.36. The molecule has 1 nitrogen and oxygen atoms in total. The third-order valence-corrected chi connectivity index (χ3v) is 2.41. The second kappa shape index (κ2) is 5.04. The largest absolute Gasteiger partial charge is 0.381 e. The predicted octanol–water partition coefficient (Wildman–Crippen LogP) is 2.62. The molecule has 1 unspecified atom stereocenters. The molecule has 0 aromatic heterocycles. The van der Waals surface area contributed by atoms with Crippen molar-refractivity contribution in [2.45, 2.75) is 27.7 Å². The number of rotatable bonds is 4. The molecule has 0 aromatic rings. The lowest BCUT2D eigenvalue weighted by Crippen LogP contribution is -2.26. The van der Waals surface area contributed by atoms with Crippen molar-refractivity contribution < 1.29 is 4.74 Å². The summed E-state index contributed by atoms with van der Waals surface area (Å²) >= 11 is 4.30. The van der Waals surface area contributed by atoms with Gasteiger partial charge < -0.3 is 4.74 Å². The molecule has 0 bridgehead atoms. The zero-order valence-corrected chi connectivity index (χ0v) is 8.95. The van der Waals surface area contributed by atoms with Crippen LogP contribution in [0, 0.1) is 11.3 Å². The first kappa shape index (κ1) is 11.3. The minimum Gasteiger partial charge on any atom is -0.381 e. The summed E-state index contributed by atoms with van der Waals surface area (Å²) in [6.07, 6.45) is 0. The standard InChI is InChI=1S/C9H20OS/c1-5-10-6-8(7-11)9(2,3)4/h8,11H,5-7H2,1-4H3. The Labute approximate surface area is 75.9 Å². The molecule has 0 N–H and O–H groups in total. The van der Waals surface area contributed by atoms with Gasteiger partial charge >= 0.3 is 0 Å². The van der Waals surface area contributed by atoms with Crippen molar-refractivity contribution in [2.24, 2.45) is 11.3 Å². The zero-order chi connectivity index (χ0) is 8.91. The van der Waals surface area contributed by atoms with Crippen molar-refractivity contribution in [1.29, 1.82) is 0 Å². The maximum Gasteiger partial charge on any atom is 0.0506 e. The average molecular weight is 176 g/mol. The Balaban J connectivity index is 3.76. The Kier molecular flexibility index (Phi) is 5.19. The van der Waals surface area contributed by atoms with Gasteiger partial charge in [0.05, 0.1) is 6.61 Å². The van der Waals surface area contributed by atoms with Gasteiger partial charge in [-0.25, -0.2) is 0 Å². The summed E-state index contributed by atoms with van der Waals surface area (Å²) in [5, 5.41) is 0. The quantitative estimate of drug-likeness (QED) is 0.648. The fourth-order valence-corrected chi connectivity index (χ4v) is 1.49. The van der Waals surface area contributed by atoms with Crippen LogP contribution in [-0.4, -0.2) is 19.0 Å². The Hall–Kier alpha value is 0.310. The molecule has 0 aliphatic carbocycles. The normalized spacial score (nSPS) is 15.0.